The van der Waals surface area contributed by atoms with Crippen molar-refractivity contribution in [2.75, 3.05) is 13.1 Å². The Morgan fingerprint density at radius 2 is 1.61 bits per heavy atom. The monoisotopic (exact) mass is 317 g/mol. The van der Waals surface area contributed by atoms with E-state index in [2.05, 4.69) is 0 Å². The van der Waals surface area contributed by atoms with E-state index in [9.17, 15) is 13.6 Å². The van der Waals surface area contributed by atoms with Gasteiger partial charge >= 0.3 is 6.09 Å². The van der Waals surface area contributed by atoms with Crippen LogP contribution in [0.4, 0.5) is 13.6 Å². The molecule has 0 spiro atoms. The second kappa shape index (κ2) is 6.77. The largest absolute Gasteiger partial charge is 0.415 e. The lowest BCUT2D eigenvalue weighted by Crippen LogP contribution is -2.39. The van der Waals surface area contributed by atoms with Crippen molar-refractivity contribution in [1.29, 1.82) is 0 Å². The van der Waals surface area contributed by atoms with Crippen LogP contribution in [-0.2, 0) is 0 Å². The number of hydrogen-bond donors (Lipinski definition) is 0. The topological polar surface area (TPSA) is 29.5 Å². The molecule has 1 heterocycles. The van der Waals surface area contributed by atoms with Crippen LogP contribution in [-0.4, -0.2) is 24.1 Å². The van der Waals surface area contributed by atoms with Crippen LogP contribution in [0.1, 0.15) is 24.3 Å². The molecule has 3 rings (SSSR count). The van der Waals surface area contributed by atoms with E-state index in [0.29, 0.717) is 37.2 Å². The lowest BCUT2D eigenvalue weighted by Gasteiger charge is -2.31. The Kier molecular flexibility index (Phi) is 4.55. The van der Waals surface area contributed by atoms with Crippen molar-refractivity contribution in [2.24, 2.45) is 0 Å². The summed E-state index contributed by atoms with van der Waals surface area (Å²) in [4.78, 5) is 13.7. The Labute approximate surface area is 133 Å². The number of likely N-dealkylation sites (tertiary alicyclic amines) is 1. The summed E-state index contributed by atoms with van der Waals surface area (Å²) in [6, 6.07) is 12.5. The van der Waals surface area contributed by atoms with Gasteiger partial charge in [0, 0.05) is 19.2 Å². The fourth-order valence-corrected chi connectivity index (χ4v) is 2.86. The van der Waals surface area contributed by atoms with E-state index in [1.54, 1.807) is 29.2 Å². The molecular formula is C18H17F2NO2. The van der Waals surface area contributed by atoms with Crippen molar-refractivity contribution in [3.8, 4) is 5.75 Å². The summed E-state index contributed by atoms with van der Waals surface area (Å²) in [6.07, 6.45) is 0.930. The number of hydrogen-bond acceptors (Lipinski definition) is 2. The van der Waals surface area contributed by atoms with Crippen LogP contribution in [0, 0.1) is 11.6 Å². The molecule has 0 aliphatic carbocycles. The molecule has 0 unspecified atom stereocenters. The molecule has 1 saturated heterocycles. The van der Waals surface area contributed by atoms with E-state index in [4.69, 9.17) is 4.74 Å². The lowest BCUT2D eigenvalue weighted by atomic mass is 9.89. The molecule has 5 heteroatoms. The molecule has 3 nitrogen and oxygen atoms in total. The molecule has 2 aromatic rings. The molecule has 0 radical (unpaired) electrons. The van der Waals surface area contributed by atoms with Gasteiger partial charge in [-0.05, 0) is 48.6 Å². The highest BCUT2D eigenvalue weighted by atomic mass is 19.1. The van der Waals surface area contributed by atoms with Crippen molar-refractivity contribution in [1.82, 2.24) is 4.90 Å². The first-order valence-electron chi connectivity index (χ1n) is 7.59. The van der Waals surface area contributed by atoms with E-state index in [0.717, 1.165) is 6.07 Å². The molecule has 0 N–H and O–H groups in total. The van der Waals surface area contributed by atoms with Crippen LogP contribution < -0.4 is 4.74 Å². The average molecular weight is 317 g/mol. The Hall–Kier alpha value is -2.43. The van der Waals surface area contributed by atoms with Gasteiger partial charge in [-0.1, -0.05) is 18.2 Å². The van der Waals surface area contributed by atoms with Crippen LogP contribution in [0.2, 0.25) is 0 Å². The van der Waals surface area contributed by atoms with E-state index >= 15 is 0 Å². The van der Waals surface area contributed by atoms with Gasteiger partial charge < -0.3 is 9.64 Å². The molecule has 1 aliphatic heterocycles. The Morgan fingerprint density at radius 1 is 1.00 bits per heavy atom. The SMILES string of the molecule is O=C(Oc1ccccc1)N1CCC(c2cc(F)cc(F)c2)CC1. The molecule has 23 heavy (non-hydrogen) atoms. The number of carbonyl (C=O) groups excluding carboxylic acids is 1. The number of piperidine rings is 1. The highest BCUT2D eigenvalue weighted by Gasteiger charge is 2.25. The minimum atomic E-state index is -0.564. The molecule has 0 atom stereocenters. The highest BCUT2D eigenvalue weighted by Crippen LogP contribution is 2.29. The van der Waals surface area contributed by atoms with Crippen LogP contribution in [0.25, 0.3) is 0 Å². The summed E-state index contributed by atoms with van der Waals surface area (Å²) < 4.78 is 31.9. The summed E-state index contributed by atoms with van der Waals surface area (Å²) >= 11 is 0. The Balaban J connectivity index is 1.58. The Bertz CT molecular complexity index is 662. The molecule has 1 fully saturated rings. The third-order valence-electron chi connectivity index (χ3n) is 4.06. The van der Waals surface area contributed by atoms with Crippen LogP contribution >= 0.6 is 0 Å². The summed E-state index contributed by atoms with van der Waals surface area (Å²) in [6.45, 7) is 1.02. The van der Waals surface area contributed by atoms with Crippen LogP contribution in [0.15, 0.2) is 48.5 Å². The van der Waals surface area contributed by atoms with E-state index < -0.39 is 11.6 Å². The van der Waals surface area contributed by atoms with Gasteiger partial charge in [0.15, 0.2) is 0 Å². The van der Waals surface area contributed by atoms with Gasteiger partial charge in [0.05, 0.1) is 0 Å². The maximum atomic E-state index is 13.3. The normalized spacial score (nSPS) is 15.5. The number of halogens is 2. The van der Waals surface area contributed by atoms with Gasteiger partial charge in [0.25, 0.3) is 0 Å². The summed E-state index contributed by atoms with van der Waals surface area (Å²) in [5.41, 5.74) is 0.651. The summed E-state index contributed by atoms with van der Waals surface area (Å²) in [5.74, 6) is -0.565. The second-order valence-electron chi connectivity index (χ2n) is 5.65. The maximum Gasteiger partial charge on any atom is 0.415 e. The zero-order valence-electron chi connectivity index (χ0n) is 12.5. The van der Waals surface area contributed by atoms with E-state index in [1.165, 1.54) is 12.1 Å². The van der Waals surface area contributed by atoms with Gasteiger partial charge in [0.1, 0.15) is 17.4 Å². The number of nitrogens with zero attached hydrogens (tertiary/aromatic N) is 1. The molecule has 120 valence electrons. The molecule has 0 bridgehead atoms. The third-order valence-corrected chi connectivity index (χ3v) is 4.06. The summed E-state index contributed by atoms with van der Waals surface area (Å²) in [5, 5.41) is 0. The lowest BCUT2D eigenvalue weighted by molar-refractivity contribution is 0.138. The maximum absolute atomic E-state index is 13.3. The average Bonchev–Trinajstić information content (AvgIpc) is 2.55. The van der Waals surface area contributed by atoms with Crippen LogP contribution in [0.3, 0.4) is 0 Å². The molecule has 0 saturated carbocycles. The number of rotatable bonds is 2. The quantitative estimate of drug-likeness (QED) is 0.824. The van der Waals surface area contributed by atoms with Gasteiger partial charge in [-0.15, -0.1) is 0 Å². The summed E-state index contributed by atoms with van der Waals surface area (Å²) in [7, 11) is 0. The zero-order valence-corrected chi connectivity index (χ0v) is 12.5. The number of benzene rings is 2. The minimum Gasteiger partial charge on any atom is -0.410 e. The number of carbonyl (C=O) groups is 1. The molecular weight excluding hydrogens is 300 g/mol. The Morgan fingerprint density at radius 3 is 2.22 bits per heavy atom. The van der Waals surface area contributed by atoms with Gasteiger partial charge in [0.2, 0.25) is 0 Å². The standard InChI is InChI=1S/C18H17F2NO2/c19-15-10-14(11-16(20)12-15)13-6-8-21(9-7-13)18(22)23-17-4-2-1-3-5-17/h1-5,10-13H,6-9H2. The van der Waals surface area contributed by atoms with Crippen molar-refractivity contribution in [3.63, 3.8) is 0 Å². The number of ether oxygens (including phenoxy) is 1. The van der Waals surface area contributed by atoms with Gasteiger partial charge in [-0.25, -0.2) is 13.6 Å². The number of para-hydroxylation sites is 1. The predicted octanol–water partition coefficient (Wildman–Crippen LogP) is 4.34. The fourth-order valence-electron chi connectivity index (χ4n) is 2.86. The van der Waals surface area contributed by atoms with E-state index in [1.807, 2.05) is 6.07 Å². The van der Waals surface area contributed by atoms with Crippen molar-refractivity contribution in [2.45, 2.75) is 18.8 Å². The fraction of sp³-hybridized carbons (Fsp3) is 0.278. The minimum absolute atomic E-state index is 0.0565. The second-order valence-corrected chi connectivity index (χ2v) is 5.65. The predicted molar refractivity (Wildman–Crippen MR) is 82.4 cm³/mol. The van der Waals surface area contributed by atoms with Crippen molar-refractivity contribution in [3.05, 3.63) is 65.7 Å². The first-order valence-corrected chi connectivity index (χ1v) is 7.59. The van der Waals surface area contributed by atoms with E-state index in [-0.39, 0.29) is 12.0 Å². The molecule has 1 amide bonds. The smallest absolute Gasteiger partial charge is 0.410 e. The molecule has 2 aromatic carbocycles. The highest BCUT2D eigenvalue weighted by molar-refractivity contribution is 5.70. The first kappa shape index (κ1) is 15.5. The zero-order chi connectivity index (χ0) is 16.2. The third kappa shape index (κ3) is 3.86. The molecule has 0 aromatic heterocycles. The molecule has 1 aliphatic rings. The van der Waals surface area contributed by atoms with Crippen molar-refractivity contribution >= 4 is 6.09 Å². The van der Waals surface area contributed by atoms with Gasteiger partial charge in [-0.2, -0.15) is 0 Å². The first-order chi connectivity index (χ1) is 11.1. The van der Waals surface area contributed by atoms with Crippen LogP contribution in [0.5, 0.6) is 5.75 Å². The number of amides is 1. The van der Waals surface area contributed by atoms with Gasteiger partial charge in [-0.3, -0.25) is 0 Å². The van der Waals surface area contributed by atoms with Crippen molar-refractivity contribution < 1.29 is 18.3 Å².